The molecule has 0 aromatic rings. The van der Waals surface area contributed by atoms with Crippen molar-refractivity contribution >= 4 is 0 Å². The summed E-state index contributed by atoms with van der Waals surface area (Å²) in [6.45, 7) is 13.5. The number of nitrogens with two attached hydrogens (primary N) is 1. The van der Waals surface area contributed by atoms with Crippen LogP contribution in [-0.2, 0) is 0 Å². The zero-order chi connectivity index (χ0) is 11.0. The molecule has 0 radical (unpaired) electrons. The molecule has 0 aliphatic rings. The van der Waals surface area contributed by atoms with Crippen LogP contribution in [-0.4, -0.2) is 30.6 Å². The fourth-order valence-corrected chi connectivity index (χ4v) is 1.77. The Bertz CT molecular complexity index is 143. The van der Waals surface area contributed by atoms with E-state index >= 15 is 0 Å². The van der Waals surface area contributed by atoms with Gasteiger partial charge in [-0.1, -0.05) is 26.8 Å². The van der Waals surface area contributed by atoms with Gasteiger partial charge >= 0.3 is 0 Å². The van der Waals surface area contributed by atoms with E-state index in [1.807, 2.05) is 6.08 Å². The van der Waals surface area contributed by atoms with Crippen LogP contribution in [0.1, 0.15) is 33.6 Å². The van der Waals surface area contributed by atoms with E-state index < -0.39 is 0 Å². The average molecular weight is 198 g/mol. The lowest BCUT2D eigenvalue weighted by Crippen LogP contribution is -2.38. The Balaban J connectivity index is 3.81. The number of hydrogen-bond donors (Lipinski definition) is 1. The Labute approximate surface area is 89.2 Å². The first kappa shape index (κ1) is 13.7. The molecule has 0 heterocycles. The maximum atomic E-state index is 6.06. The molecule has 0 spiro atoms. The van der Waals surface area contributed by atoms with E-state index in [4.69, 9.17) is 5.73 Å². The van der Waals surface area contributed by atoms with Crippen LogP contribution in [0.4, 0.5) is 0 Å². The SMILES string of the molecule is C=CCN(CCC)CC(N)CC(C)C. The third kappa shape index (κ3) is 7.10. The van der Waals surface area contributed by atoms with Gasteiger partial charge in [-0.3, -0.25) is 4.90 Å². The van der Waals surface area contributed by atoms with Crippen molar-refractivity contribution in [1.29, 1.82) is 0 Å². The summed E-state index contributed by atoms with van der Waals surface area (Å²) in [5.41, 5.74) is 6.06. The van der Waals surface area contributed by atoms with Crippen molar-refractivity contribution in [2.75, 3.05) is 19.6 Å². The highest BCUT2D eigenvalue weighted by atomic mass is 15.1. The Kier molecular flexibility index (Phi) is 7.81. The second-order valence-electron chi connectivity index (χ2n) is 4.44. The molecule has 0 aromatic carbocycles. The molecule has 1 atom stereocenters. The smallest absolute Gasteiger partial charge is 0.0170 e. The molecule has 2 N–H and O–H groups in total. The van der Waals surface area contributed by atoms with E-state index in [9.17, 15) is 0 Å². The molecule has 1 unspecified atom stereocenters. The zero-order valence-corrected chi connectivity index (χ0v) is 10.00. The summed E-state index contributed by atoms with van der Waals surface area (Å²) in [5.74, 6) is 0.692. The third-order valence-electron chi connectivity index (χ3n) is 2.19. The maximum Gasteiger partial charge on any atom is 0.0170 e. The minimum Gasteiger partial charge on any atom is -0.327 e. The number of rotatable bonds is 8. The summed E-state index contributed by atoms with van der Waals surface area (Å²) < 4.78 is 0. The predicted molar refractivity (Wildman–Crippen MR) is 64.4 cm³/mol. The normalized spacial score (nSPS) is 13.6. The number of hydrogen-bond acceptors (Lipinski definition) is 2. The van der Waals surface area contributed by atoms with Crippen LogP contribution in [0.25, 0.3) is 0 Å². The highest BCUT2D eigenvalue weighted by Gasteiger charge is 2.09. The zero-order valence-electron chi connectivity index (χ0n) is 10.00. The molecule has 0 aliphatic carbocycles. The molecule has 0 fully saturated rings. The van der Waals surface area contributed by atoms with Gasteiger partial charge in [-0.05, 0) is 25.3 Å². The summed E-state index contributed by atoms with van der Waals surface area (Å²) in [4.78, 5) is 2.38. The minimum atomic E-state index is 0.307. The predicted octanol–water partition coefficient (Wildman–Crippen LogP) is 2.26. The van der Waals surface area contributed by atoms with E-state index in [0.29, 0.717) is 12.0 Å². The summed E-state index contributed by atoms with van der Waals surface area (Å²) >= 11 is 0. The van der Waals surface area contributed by atoms with Crippen LogP contribution < -0.4 is 5.73 Å². The highest BCUT2D eigenvalue weighted by molar-refractivity contribution is 4.77. The van der Waals surface area contributed by atoms with Crippen molar-refractivity contribution in [2.24, 2.45) is 11.7 Å². The molecule has 0 aliphatic heterocycles. The van der Waals surface area contributed by atoms with E-state index in [2.05, 4.69) is 32.3 Å². The fourth-order valence-electron chi connectivity index (χ4n) is 1.77. The molecule has 14 heavy (non-hydrogen) atoms. The third-order valence-corrected chi connectivity index (χ3v) is 2.19. The molecular weight excluding hydrogens is 172 g/mol. The molecule has 0 rings (SSSR count). The van der Waals surface area contributed by atoms with Gasteiger partial charge in [0, 0.05) is 19.1 Å². The lowest BCUT2D eigenvalue weighted by molar-refractivity contribution is 0.269. The van der Waals surface area contributed by atoms with Crippen molar-refractivity contribution in [2.45, 2.75) is 39.7 Å². The molecule has 2 nitrogen and oxygen atoms in total. The lowest BCUT2D eigenvalue weighted by Gasteiger charge is -2.24. The van der Waals surface area contributed by atoms with Gasteiger partial charge in [-0.25, -0.2) is 0 Å². The average Bonchev–Trinajstić information content (AvgIpc) is 2.03. The van der Waals surface area contributed by atoms with Crippen molar-refractivity contribution in [3.8, 4) is 0 Å². The number of nitrogens with zero attached hydrogens (tertiary/aromatic N) is 1. The Hall–Kier alpha value is -0.340. The van der Waals surface area contributed by atoms with E-state index in [1.165, 1.54) is 6.42 Å². The molecule has 84 valence electrons. The van der Waals surface area contributed by atoms with Gasteiger partial charge in [0.05, 0.1) is 0 Å². The topological polar surface area (TPSA) is 29.3 Å². The van der Waals surface area contributed by atoms with E-state index in [-0.39, 0.29) is 0 Å². The van der Waals surface area contributed by atoms with Crippen LogP contribution >= 0.6 is 0 Å². The first-order valence-electron chi connectivity index (χ1n) is 5.69. The Morgan fingerprint density at radius 2 is 2.07 bits per heavy atom. The summed E-state index contributed by atoms with van der Waals surface area (Å²) in [6, 6.07) is 0.307. The molecule has 0 aromatic heterocycles. The first-order chi connectivity index (χ1) is 6.60. The minimum absolute atomic E-state index is 0.307. The van der Waals surface area contributed by atoms with Gasteiger partial charge in [-0.2, -0.15) is 0 Å². The lowest BCUT2D eigenvalue weighted by atomic mass is 10.0. The Morgan fingerprint density at radius 1 is 1.43 bits per heavy atom. The van der Waals surface area contributed by atoms with Crippen LogP contribution in [0.5, 0.6) is 0 Å². The molecule has 0 bridgehead atoms. The summed E-state index contributed by atoms with van der Waals surface area (Å²) in [5, 5.41) is 0. The van der Waals surface area contributed by atoms with Crippen LogP contribution in [0.15, 0.2) is 12.7 Å². The Morgan fingerprint density at radius 3 is 2.50 bits per heavy atom. The van der Waals surface area contributed by atoms with Gasteiger partial charge < -0.3 is 5.73 Å². The van der Waals surface area contributed by atoms with E-state index in [1.54, 1.807) is 0 Å². The summed E-state index contributed by atoms with van der Waals surface area (Å²) in [7, 11) is 0. The van der Waals surface area contributed by atoms with Gasteiger partial charge in [0.1, 0.15) is 0 Å². The fraction of sp³-hybridized carbons (Fsp3) is 0.833. The molecule has 0 saturated carbocycles. The second kappa shape index (κ2) is 8.01. The molecular formula is C12H26N2. The van der Waals surface area contributed by atoms with Gasteiger partial charge in [0.2, 0.25) is 0 Å². The van der Waals surface area contributed by atoms with Crippen LogP contribution in [0, 0.1) is 5.92 Å². The van der Waals surface area contributed by atoms with Crippen molar-refractivity contribution in [3.05, 3.63) is 12.7 Å². The molecule has 2 heteroatoms. The monoisotopic (exact) mass is 198 g/mol. The molecule has 0 amide bonds. The standard InChI is InChI=1S/C12H26N2/c1-5-7-14(8-6-2)10-12(13)9-11(3)4/h5,11-12H,1,6-10,13H2,2-4H3. The molecule has 0 saturated heterocycles. The van der Waals surface area contributed by atoms with Gasteiger partial charge in [-0.15, -0.1) is 6.58 Å². The van der Waals surface area contributed by atoms with Crippen LogP contribution in [0.3, 0.4) is 0 Å². The van der Waals surface area contributed by atoms with Gasteiger partial charge in [0.15, 0.2) is 0 Å². The first-order valence-corrected chi connectivity index (χ1v) is 5.69. The highest BCUT2D eigenvalue weighted by Crippen LogP contribution is 2.04. The van der Waals surface area contributed by atoms with Crippen molar-refractivity contribution < 1.29 is 0 Å². The van der Waals surface area contributed by atoms with Gasteiger partial charge in [0.25, 0.3) is 0 Å². The summed E-state index contributed by atoms with van der Waals surface area (Å²) in [6.07, 6.45) is 4.25. The van der Waals surface area contributed by atoms with Crippen LogP contribution in [0.2, 0.25) is 0 Å². The largest absolute Gasteiger partial charge is 0.327 e. The quantitative estimate of drug-likeness (QED) is 0.606. The second-order valence-corrected chi connectivity index (χ2v) is 4.44. The van der Waals surface area contributed by atoms with E-state index in [0.717, 1.165) is 26.1 Å². The maximum absolute atomic E-state index is 6.06. The van der Waals surface area contributed by atoms with Crippen molar-refractivity contribution in [1.82, 2.24) is 4.90 Å². The van der Waals surface area contributed by atoms with Crippen molar-refractivity contribution in [3.63, 3.8) is 0 Å².